The van der Waals surface area contributed by atoms with Crippen molar-refractivity contribution in [1.29, 1.82) is 0 Å². The van der Waals surface area contributed by atoms with Gasteiger partial charge in [0.05, 0.1) is 19.2 Å². The van der Waals surface area contributed by atoms with Crippen LogP contribution in [0.25, 0.3) is 21.7 Å². The highest BCUT2D eigenvalue weighted by molar-refractivity contribution is 5.99. The molecule has 6 rings (SSSR count). The van der Waals surface area contributed by atoms with E-state index in [-0.39, 0.29) is 30.9 Å². The van der Waals surface area contributed by atoms with Crippen LogP contribution < -0.4 is 25.0 Å². The van der Waals surface area contributed by atoms with E-state index < -0.39 is 12.0 Å². The number of hydrogen-bond acceptors (Lipinski definition) is 8. The number of methoxy groups -OCH3 is 1. The number of hydrogen-bond donors (Lipinski definition) is 4. The minimum atomic E-state index is -0.965. The second kappa shape index (κ2) is 13.6. The number of ether oxygens (including phenoxy) is 2. The number of anilines is 3. The Bertz CT molecular complexity index is 2010. The van der Waals surface area contributed by atoms with E-state index in [1.165, 1.54) is 7.11 Å². The Balaban J connectivity index is 1.31. The van der Waals surface area contributed by atoms with Crippen molar-refractivity contribution in [2.75, 3.05) is 35.7 Å². The first-order valence-electron chi connectivity index (χ1n) is 14.6. The fraction of sp³-hybridized carbons (Fsp3) is 0.147. The minimum absolute atomic E-state index is 0.0692. The lowest BCUT2D eigenvalue weighted by molar-refractivity contribution is -0.136. The number of nitrogens with zero attached hydrogens (tertiary/aromatic N) is 4. The van der Waals surface area contributed by atoms with E-state index in [9.17, 15) is 14.7 Å². The number of aromatic amines is 1. The normalized spacial score (nSPS) is 10.9. The summed E-state index contributed by atoms with van der Waals surface area (Å²) in [4.78, 5) is 43.1. The number of aliphatic carboxylic acids is 1. The van der Waals surface area contributed by atoms with Crippen LogP contribution in [0.5, 0.6) is 17.5 Å². The lowest BCUT2D eigenvalue weighted by atomic mass is 10.1. The predicted octanol–water partition coefficient (Wildman–Crippen LogP) is 6.47. The van der Waals surface area contributed by atoms with Crippen molar-refractivity contribution >= 4 is 51.3 Å². The number of amides is 2. The molecule has 0 bridgehead atoms. The molecule has 46 heavy (non-hydrogen) atoms. The van der Waals surface area contributed by atoms with Crippen LogP contribution in [0.2, 0.25) is 0 Å². The van der Waals surface area contributed by atoms with Crippen molar-refractivity contribution < 1.29 is 24.2 Å². The Kier molecular flexibility index (Phi) is 8.86. The molecule has 0 saturated carbocycles. The molecule has 4 N–H and O–H groups in total. The molecule has 0 spiro atoms. The monoisotopic (exact) mass is 617 g/mol. The van der Waals surface area contributed by atoms with Crippen molar-refractivity contribution in [3.05, 3.63) is 103 Å². The molecular weight excluding hydrogens is 586 g/mol. The number of carbonyl (C=O) groups is 2. The third-order valence-electron chi connectivity index (χ3n) is 7.32. The molecule has 0 saturated heterocycles. The number of carboxylic acids is 1. The van der Waals surface area contributed by atoms with Crippen LogP contribution in [0.15, 0.2) is 97.2 Å². The van der Waals surface area contributed by atoms with Crippen LogP contribution in [0.1, 0.15) is 12.0 Å². The van der Waals surface area contributed by atoms with E-state index in [0.29, 0.717) is 30.2 Å². The van der Waals surface area contributed by atoms with Gasteiger partial charge in [-0.3, -0.25) is 10.1 Å². The van der Waals surface area contributed by atoms with E-state index in [1.54, 1.807) is 35.2 Å². The zero-order valence-corrected chi connectivity index (χ0v) is 24.9. The molecule has 0 atom stereocenters. The maximum absolute atomic E-state index is 13.1. The fourth-order valence-electron chi connectivity index (χ4n) is 5.06. The number of nitrogens with one attached hydrogen (secondary N) is 3. The summed E-state index contributed by atoms with van der Waals surface area (Å²) in [6, 6.07) is 27.7. The van der Waals surface area contributed by atoms with Gasteiger partial charge in [0.1, 0.15) is 11.5 Å². The highest BCUT2D eigenvalue weighted by Crippen LogP contribution is 2.27. The van der Waals surface area contributed by atoms with Gasteiger partial charge in [0.15, 0.2) is 0 Å². The largest absolute Gasteiger partial charge is 0.495 e. The van der Waals surface area contributed by atoms with Gasteiger partial charge in [-0.1, -0.05) is 60.7 Å². The van der Waals surface area contributed by atoms with Gasteiger partial charge < -0.3 is 29.8 Å². The first kappa shape index (κ1) is 29.9. The molecule has 6 aromatic rings. The number of carbonyl (C=O) groups excluding carboxylic acids is 1. The third kappa shape index (κ3) is 7.13. The Hall–Kier alpha value is -6.17. The summed E-state index contributed by atoms with van der Waals surface area (Å²) in [5, 5.41) is 18.0. The maximum atomic E-state index is 13.1. The van der Waals surface area contributed by atoms with Crippen LogP contribution in [-0.4, -0.2) is 57.2 Å². The van der Waals surface area contributed by atoms with Crippen LogP contribution in [0, 0.1) is 0 Å². The molecule has 12 nitrogen and oxygen atoms in total. The van der Waals surface area contributed by atoms with Gasteiger partial charge in [0.2, 0.25) is 11.9 Å². The standard InChI is InChI=1S/C34H31N7O5/c1-45-29-13-7-6-12-28(29)36-33(44)38-31-37-32(40-34(39-31)46-25-15-14-22-8-2-3-9-23(22)20-25)41(19-17-30(42)43)18-16-24-21-35-27-11-5-4-10-26(24)27/h2-15,20-21,35H,16-19H2,1H3,(H,42,43)(H2,36,37,38,39,40,44). The molecule has 0 aliphatic carbocycles. The number of benzene rings is 4. The van der Waals surface area contributed by atoms with Gasteiger partial charge >= 0.3 is 18.0 Å². The number of fused-ring (bicyclic) bond motifs is 2. The smallest absolute Gasteiger partial charge is 0.328 e. The van der Waals surface area contributed by atoms with Crippen LogP contribution >= 0.6 is 0 Å². The second-order valence-electron chi connectivity index (χ2n) is 10.4. The van der Waals surface area contributed by atoms with Gasteiger partial charge in [-0.25, -0.2) is 4.79 Å². The van der Waals surface area contributed by atoms with Crippen LogP contribution in [0.4, 0.5) is 22.4 Å². The number of aromatic nitrogens is 4. The van der Waals surface area contributed by atoms with Gasteiger partial charge in [-0.2, -0.15) is 15.0 Å². The summed E-state index contributed by atoms with van der Waals surface area (Å²) in [5.74, 6) is 0.0657. The molecule has 0 fully saturated rings. The van der Waals surface area contributed by atoms with Gasteiger partial charge in [-0.05, 0) is 53.1 Å². The first-order valence-corrected chi connectivity index (χ1v) is 14.6. The zero-order chi connectivity index (χ0) is 31.9. The summed E-state index contributed by atoms with van der Waals surface area (Å²) in [7, 11) is 1.51. The van der Waals surface area contributed by atoms with Gasteiger partial charge in [0, 0.05) is 30.2 Å². The molecule has 232 valence electrons. The van der Waals surface area contributed by atoms with E-state index >= 15 is 0 Å². The van der Waals surface area contributed by atoms with Gasteiger partial charge in [-0.15, -0.1) is 0 Å². The van der Waals surface area contributed by atoms with Crippen molar-refractivity contribution in [1.82, 2.24) is 19.9 Å². The SMILES string of the molecule is COc1ccccc1NC(=O)Nc1nc(Oc2ccc3ccccc3c2)nc(N(CCC(=O)O)CCc2c[nH]c3ccccc23)n1. The molecule has 2 heterocycles. The molecule has 2 aromatic heterocycles. The Morgan fingerprint density at radius 2 is 1.65 bits per heavy atom. The summed E-state index contributed by atoms with van der Waals surface area (Å²) in [6.45, 7) is 0.505. The minimum Gasteiger partial charge on any atom is -0.495 e. The molecule has 0 aliphatic rings. The van der Waals surface area contributed by atoms with Crippen molar-refractivity contribution in [2.45, 2.75) is 12.8 Å². The predicted molar refractivity (Wildman–Crippen MR) is 176 cm³/mol. The van der Waals surface area contributed by atoms with Gasteiger partial charge in [0.25, 0.3) is 0 Å². The average molecular weight is 618 g/mol. The van der Waals surface area contributed by atoms with E-state index in [0.717, 1.165) is 27.2 Å². The highest BCUT2D eigenvalue weighted by Gasteiger charge is 2.19. The number of carboxylic acid groups (broad SMARTS) is 1. The van der Waals surface area contributed by atoms with E-state index in [2.05, 4.69) is 30.6 Å². The number of H-pyrrole nitrogens is 1. The summed E-state index contributed by atoms with van der Waals surface area (Å²) in [5.41, 5.74) is 2.52. The molecule has 0 unspecified atom stereocenters. The summed E-state index contributed by atoms with van der Waals surface area (Å²) < 4.78 is 11.4. The Labute approximate surface area is 264 Å². The second-order valence-corrected chi connectivity index (χ2v) is 10.4. The quantitative estimate of drug-likeness (QED) is 0.121. The molecule has 4 aromatic carbocycles. The fourth-order valence-corrected chi connectivity index (χ4v) is 5.06. The van der Waals surface area contributed by atoms with Crippen molar-refractivity contribution in [3.8, 4) is 17.5 Å². The average Bonchev–Trinajstić information content (AvgIpc) is 3.47. The lowest BCUT2D eigenvalue weighted by Gasteiger charge is -2.22. The zero-order valence-electron chi connectivity index (χ0n) is 24.9. The molecule has 2 amide bonds. The number of urea groups is 1. The molecular formula is C34H31N7O5. The van der Waals surface area contributed by atoms with E-state index in [4.69, 9.17) is 9.47 Å². The van der Waals surface area contributed by atoms with Crippen LogP contribution in [-0.2, 0) is 11.2 Å². The first-order chi connectivity index (χ1) is 22.4. The Morgan fingerprint density at radius 1 is 0.870 bits per heavy atom. The van der Waals surface area contributed by atoms with Crippen LogP contribution in [0.3, 0.4) is 0 Å². The molecule has 12 heteroatoms. The topological polar surface area (TPSA) is 155 Å². The van der Waals surface area contributed by atoms with Crippen molar-refractivity contribution in [2.24, 2.45) is 0 Å². The third-order valence-corrected chi connectivity index (χ3v) is 7.32. The molecule has 0 aliphatic heterocycles. The molecule has 0 radical (unpaired) electrons. The summed E-state index contributed by atoms with van der Waals surface area (Å²) >= 11 is 0. The number of para-hydroxylation sites is 3. The maximum Gasteiger partial charge on any atom is 0.328 e. The highest BCUT2D eigenvalue weighted by atomic mass is 16.5. The Morgan fingerprint density at radius 3 is 2.50 bits per heavy atom. The lowest BCUT2D eigenvalue weighted by Crippen LogP contribution is -2.31. The summed E-state index contributed by atoms with van der Waals surface area (Å²) in [6.07, 6.45) is 2.36. The number of rotatable bonds is 12. The van der Waals surface area contributed by atoms with E-state index in [1.807, 2.05) is 66.9 Å². The van der Waals surface area contributed by atoms with Crippen molar-refractivity contribution in [3.63, 3.8) is 0 Å².